The molecule has 1 aromatic carbocycles. The van der Waals surface area contributed by atoms with Crippen molar-refractivity contribution in [3.05, 3.63) is 45.9 Å². The van der Waals surface area contributed by atoms with Gasteiger partial charge in [-0.3, -0.25) is 9.69 Å². The first-order valence-corrected chi connectivity index (χ1v) is 9.16. The van der Waals surface area contributed by atoms with E-state index in [0.717, 1.165) is 22.9 Å². The van der Waals surface area contributed by atoms with Crippen LogP contribution in [0.1, 0.15) is 29.1 Å². The number of carbonyl (C=O) groups excluding carboxylic acids is 1. The number of anilines is 1. The lowest BCUT2D eigenvalue weighted by Gasteiger charge is -2.19. The molecule has 128 valence electrons. The summed E-state index contributed by atoms with van der Waals surface area (Å²) in [6, 6.07) is 8.36. The molecular weight excluding hydrogens is 322 g/mol. The summed E-state index contributed by atoms with van der Waals surface area (Å²) >= 11 is 1.52. The van der Waals surface area contributed by atoms with Gasteiger partial charge in [0, 0.05) is 30.2 Å². The lowest BCUT2D eigenvalue weighted by atomic mass is 10.2. The number of carbonyl (C=O) groups is 1. The first kappa shape index (κ1) is 17.1. The van der Waals surface area contributed by atoms with Gasteiger partial charge in [-0.1, -0.05) is 17.7 Å². The van der Waals surface area contributed by atoms with Crippen molar-refractivity contribution in [3.8, 4) is 0 Å². The van der Waals surface area contributed by atoms with Crippen LogP contribution in [0.25, 0.3) is 0 Å². The average molecular weight is 345 g/mol. The van der Waals surface area contributed by atoms with Crippen molar-refractivity contribution < 1.29 is 9.90 Å². The summed E-state index contributed by atoms with van der Waals surface area (Å²) in [6.45, 7) is 3.63. The van der Waals surface area contributed by atoms with Crippen molar-refractivity contribution in [1.29, 1.82) is 0 Å². The molecule has 6 heteroatoms. The van der Waals surface area contributed by atoms with Crippen molar-refractivity contribution in [1.82, 2.24) is 9.88 Å². The Morgan fingerprint density at radius 3 is 2.79 bits per heavy atom. The Labute approximate surface area is 146 Å². The fraction of sp³-hybridized carbons (Fsp3) is 0.444. The zero-order valence-corrected chi connectivity index (χ0v) is 14.7. The summed E-state index contributed by atoms with van der Waals surface area (Å²) < 4.78 is 0. The van der Waals surface area contributed by atoms with Crippen LogP contribution >= 0.6 is 11.3 Å². The highest BCUT2D eigenvalue weighted by molar-refractivity contribution is 7.09. The lowest BCUT2D eigenvalue weighted by molar-refractivity contribution is -0.115. The molecule has 0 bridgehead atoms. The average Bonchev–Trinajstić information content (AvgIpc) is 3.31. The van der Waals surface area contributed by atoms with Gasteiger partial charge in [0.15, 0.2) is 0 Å². The van der Waals surface area contributed by atoms with E-state index in [4.69, 9.17) is 5.11 Å². The number of rotatable bonds is 8. The van der Waals surface area contributed by atoms with Crippen molar-refractivity contribution in [2.75, 3.05) is 18.5 Å². The number of aliphatic hydroxyl groups excluding tert-OH is 1. The number of hydrogen-bond donors (Lipinski definition) is 2. The van der Waals surface area contributed by atoms with Crippen LogP contribution in [-0.2, 0) is 17.8 Å². The van der Waals surface area contributed by atoms with Crippen molar-refractivity contribution in [3.63, 3.8) is 0 Å². The molecule has 5 nitrogen and oxygen atoms in total. The minimum absolute atomic E-state index is 0.0471. The van der Waals surface area contributed by atoms with Crippen molar-refractivity contribution in [2.45, 2.75) is 38.8 Å². The van der Waals surface area contributed by atoms with E-state index in [1.165, 1.54) is 29.7 Å². The lowest BCUT2D eigenvalue weighted by Crippen LogP contribution is -2.28. The highest BCUT2D eigenvalue weighted by Gasteiger charge is 2.28. The van der Waals surface area contributed by atoms with Crippen LogP contribution in [0.2, 0.25) is 0 Å². The quantitative estimate of drug-likeness (QED) is 0.772. The number of amides is 1. The van der Waals surface area contributed by atoms with E-state index in [9.17, 15) is 4.79 Å². The van der Waals surface area contributed by atoms with Gasteiger partial charge >= 0.3 is 0 Å². The van der Waals surface area contributed by atoms with Gasteiger partial charge in [0.1, 0.15) is 5.01 Å². The predicted octanol–water partition coefficient (Wildman–Crippen LogP) is 2.59. The number of aromatic nitrogens is 1. The predicted molar refractivity (Wildman–Crippen MR) is 96.1 cm³/mol. The molecular formula is C18H23N3O2S. The van der Waals surface area contributed by atoms with Crippen molar-refractivity contribution >= 4 is 22.9 Å². The third-order valence-electron chi connectivity index (χ3n) is 4.06. The van der Waals surface area contributed by atoms with Gasteiger partial charge in [-0.25, -0.2) is 4.98 Å². The van der Waals surface area contributed by atoms with E-state index < -0.39 is 0 Å². The zero-order valence-electron chi connectivity index (χ0n) is 13.9. The molecule has 0 spiro atoms. The van der Waals surface area contributed by atoms with E-state index >= 15 is 0 Å². The smallest absolute Gasteiger partial charge is 0.231 e. The van der Waals surface area contributed by atoms with Crippen LogP contribution in [0.3, 0.4) is 0 Å². The van der Waals surface area contributed by atoms with Crippen molar-refractivity contribution in [2.24, 2.45) is 0 Å². The Morgan fingerprint density at radius 2 is 2.12 bits per heavy atom. The molecule has 1 saturated carbocycles. The summed E-state index contributed by atoms with van der Waals surface area (Å²) in [4.78, 5) is 19.0. The summed E-state index contributed by atoms with van der Waals surface area (Å²) in [5.74, 6) is -0.0471. The van der Waals surface area contributed by atoms with Crippen LogP contribution in [-0.4, -0.2) is 40.1 Å². The maximum Gasteiger partial charge on any atom is 0.231 e. The maximum absolute atomic E-state index is 12.1. The molecule has 24 heavy (non-hydrogen) atoms. The molecule has 2 aromatic rings. The molecule has 1 aliphatic rings. The first-order valence-electron chi connectivity index (χ1n) is 8.29. The number of nitrogens with zero attached hydrogens (tertiary/aromatic N) is 2. The van der Waals surface area contributed by atoms with Gasteiger partial charge in [-0.15, -0.1) is 11.3 Å². The molecule has 1 amide bonds. The monoisotopic (exact) mass is 345 g/mol. The topological polar surface area (TPSA) is 65.5 Å². The fourth-order valence-electron chi connectivity index (χ4n) is 2.65. The standard InChI is InChI=1S/C18H23N3O2S/c1-13-2-4-14(5-3-13)19-17(23)10-18-20-15(12-24-18)11-21(8-9-22)16-6-7-16/h2-5,12,16,22H,6-11H2,1H3,(H,19,23). The van der Waals surface area contributed by atoms with Gasteiger partial charge in [0.05, 0.1) is 18.7 Å². The molecule has 0 saturated heterocycles. The Balaban J connectivity index is 1.53. The second-order valence-electron chi connectivity index (χ2n) is 6.25. The van der Waals surface area contributed by atoms with Gasteiger partial charge in [-0.2, -0.15) is 0 Å². The first-order chi connectivity index (χ1) is 11.6. The van der Waals surface area contributed by atoms with Crippen LogP contribution in [0.5, 0.6) is 0 Å². The molecule has 0 aliphatic heterocycles. The Morgan fingerprint density at radius 1 is 1.38 bits per heavy atom. The number of aryl methyl sites for hydroxylation is 1. The summed E-state index contributed by atoms with van der Waals surface area (Å²) in [6.07, 6.45) is 2.70. The third-order valence-corrected chi connectivity index (χ3v) is 4.96. The van der Waals surface area contributed by atoms with E-state index in [1.54, 1.807) is 0 Å². The highest BCUT2D eigenvalue weighted by Crippen LogP contribution is 2.28. The van der Waals surface area contributed by atoms with E-state index in [2.05, 4.69) is 15.2 Å². The number of benzene rings is 1. The van der Waals surface area contributed by atoms with E-state index in [0.29, 0.717) is 19.0 Å². The number of nitrogens with one attached hydrogen (secondary N) is 1. The van der Waals surface area contributed by atoms with Gasteiger partial charge in [0.25, 0.3) is 0 Å². The molecule has 3 rings (SSSR count). The van der Waals surface area contributed by atoms with Crippen LogP contribution < -0.4 is 5.32 Å². The highest BCUT2D eigenvalue weighted by atomic mass is 32.1. The molecule has 0 unspecified atom stereocenters. The van der Waals surface area contributed by atoms with Gasteiger partial charge in [-0.05, 0) is 31.9 Å². The Bertz CT molecular complexity index is 680. The molecule has 1 fully saturated rings. The number of hydrogen-bond acceptors (Lipinski definition) is 5. The van der Waals surface area contributed by atoms with Crippen LogP contribution in [0.4, 0.5) is 5.69 Å². The molecule has 1 aromatic heterocycles. The fourth-order valence-corrected chi connectivity index (χ4v) is 3.43. The molecule has 1 aliphatic carbocycles. The summed E-state index contributed by atoms with van der Waals surface area (Å²) in [5.41, 5.74) is 2.96. The third kappa shape index (κ3) is 4.87. The molecule has 0 atom stereocenters. The Kier molecular flexibility index (Phi) is 5.60. The SMILES string of the molecule is Cc1ccc(NC(=O)Cc2nc(CN(CCO)C3CC3)cs2)cc1. The minimum Gasteiger partial charge on any atom is -0.395 e. The summed E-state index contributed by atoms with van der Waals surface area (Å²) in [7, 11) is 0. The minimum atomic E-state index is -0.0471. The second-order valence-corrected chi connectivity index (χ2v) is 7.19. The molecule has 0 radical (unpaired) electrons. The summed E-state index contributed by atoms with van der Waals surface area (Å²) in [5, 5.41) is 14.9. The normalized spacial score (nSPS) is 14.1. The number of thiazole rings is 1. The van der Waals surface area contributed by atoms with Crippen LogP contribution in [0.15, 0.2) is 29.6 Å². The number of aliphatic hydroxyl groups is 1. The maximum atomic E-state index is 12.1. The zero-order chi connectivity index (χ0) is 16.9. The molecule has 2 N–H and O–H groups in total. The molecule has 1 heterocycles. The van der Waals surface area contributed by atoms with E-state index in [-0.39, 0.29) is 12.5 Å². The van der Waals surface area contributed by atoms with Crippen LogP contribution in [0, 0.1) is 6.92 Å². The van der Waals surface area contributed by atoms with Gasteiger partial charge in [0.2, 0.25) is 5.91 Å². The van der Waals surface area contributed by atoms with E-state index in [1.807, 2.05) is 36.6 Å². The largest absolute Gasteiger partial charge is 0.395 e. The van der Waals surface area contributed by atoms with Gasteiger partial charge < -0.3 is 10.4 Å². The Hall–Kier alpha value is -1.76. The second kappa shape index (κ2) is 7.88.